The molecule has 0 saturated carbocycles. The molecule has 0 aliphatic rings. The van der Waals surface area contributed by atoms with E-state index in [1.165, 1.54) is 11.2 Å². The van der Waals surface area contributed by atoms with E-state index in [4.69, 9.17) is 16.3 Å². The second kappa shape index (κ2) is 9.08. The van der Waals surface area contributed by atoms with Crippen molar-refractivity contribution in [3.05, 3.63) is 70.8 Å². The molecule has 30 heavy (non-hydrogen) atoms. The minimum Gasteiger partial charge on any atom is -0.439 e. The highest BCUT2D eigenvalue weighted by molar-refractivity contribution is 6.33. The second-order valence-electron chi connectivity index (χ2n) is 6.27. The molecule has 0 atom stereocenters. The lowest BCUT2D eigenvalue weighted by Crippen LogP contribution is -2.25. The van der Waals surface area contributed by atoms with Crippen LogP contribution >= 0.6 is 11.6 Å². The number of halogens is 4. The van der Waals surface area contributed by atoms with Gasteiger partial charge in [-0.1, -0.05) is 23.7 Å². The van der Waals surface area contributed by atoms with Crippen LogP contribution in [0.4, 0.5) is 19.0 Å². The molecule has 0 spiro atoms. The van der Waals surface area contributed by atoms with Gasteiger partial charge in [-0.05, 0) is 37.1 Å². The SMILES string of the molecule is Cc1ncnc(N(C=O)CCc2ccc(Oc3ccc(C(F)(F)F)cn3)cc2)c1Cl. The van der Waals surface area contributed by atoms with E-state index in [9.17, 15) is 18.0 Å². The highest BCUT2D eigenvalue weighted by Gasteiger charge is 2.30. The Kier molecular flexibility index (Phi) is 6.51. The summed E-state index contributed by atoms with van der Waals surface area (Å²) in [4.78, 5) is 24.5. The molecule has 0 bridgehead atoms. The van der Waals surface area contributed by atoms with Crippen LogP contribution in [-0.2, 0) is 17.4 Å². The molecule has 3 aromatic rings. The Bertz CT molecular complexity index is 1010. The van der Waals surface area contributed by atoms with Gasteiger partial charge in [0.15, 0.2) is 5.82 Å². The zero-order chi connectivity index (χ0) is 21.7. The summed E-state index contributed by atoms with van der Waals surface area (Å²) in [6.07, 6.45) is -1.21. The molecule has 6 nitrogen and oxygen atoms in total. The van der Waals surface area contributed by atoms with E-state index in [1.54, 1.807) is 31.2 Å². The standard InChI is InChI=1S/C20H16ClF3N4O2/c1-13-18(21)19(27-11-26-13)28(12-29)9-8-14-2-5-16(6-3-14)30-17-7-4-15(10-25-17)20(22,23)24/h2-7,10-12H,8-9H2,1H3. The number of amides is 1. The van der Waals surface area contributed by atoms with Crippen LogP contribution < -0.4 is 9.64 Å². The first-order chi connectivity index (χ1) is 14.3. The Morgan fingerprint density at radius 1 is 1.10 bits per heavy atom. The van der Waals surface area contributed by atoms with Gasteiger partial charge in [0.1, 0.15) is 17.1 Å². The maximum Gasteiger partial charge on any atom is 0.417 e. The Morgan fingerprint density at radius 3 is 2.43 bits per heavy atom. The Labute approximate surface area is 175 Å². The van der Waals surface area contributed by atoms with Gasteiger partial charge in [0.05, 0.1) is 11.3 Å². The first-order valence-corrected chi connectivity index (χ1v) is 9.15. The van der Waals surface area contributed by atoms with Crippen LogP contribution in [0.25, 0.3) is 0 Å². The molecule has 0 radical (unpaired) electrons. The van der Waals surface area contributed by atoms with E-state index in [2.05, 4.69) is 15.0 Å². The Balaban J connectivity index is 1.61. The van der Waals surface area contributed by atoms with Crippen molar-refractivity contribution in [1.29, 1.82) is 0 Å². The third kappa shape index (κ3) is 5.24. The van der Waals surface area contributed by atoms with Gasteiger partial charge in [0.25, 0.3) is 0 Å². The fourth-order valence-corrected chi connectivity index (χ4v) is 2.76. The molecule has 2 aromatic heterocycles. The van der Waals surface area contributed by atoms with Crippen LogP contribution in [-0.4, -0.2) is 27.9 Å². The fraction of sp³-hybridized carbons (Fsp3) is 0.200. The summed E-state index contributed by atoms with van der Waals surface area (Å²) in [5, 5.41) is 0.317. The number of hydrogen-bond acceptors (Lipinski definition) is 5. The molecule has 1 amide bonds. The first kappa shape index (κ1) is 21.5. The van der Waals surface area contributed by atoms with Crippen molar-refractivity contribution in [1.82, 2.24) is 15.0 Å². The summed E-state index contributed by atoms with van der Waals surface area (Å²) < 4.78 is 43.2. The fourth-order valence-electron chi connectivity index (χ4n) is 2.56. The molecule has 3 rings (SSSR count). The summed E-state index contributed by atoms with van der Waals surface area (Å²) in [6, 6.07) is 8.98. The van der Waals surface area contributed by atoms with E-state index >= 15 is 0 Å². The van der Waals surface area contributed by atoms with Crippen molar-refractivity contribution in [2.24, 2.45) is 0 Å². The Hall–Kier alpha value is -3.20. The number of alkyl halides is 3. The van der Waals surface area contributed by atoms with Crippen LogP contribution in [0, 0.1) is 6.92 Å². The quantitative estimate of drug-likeness (QED) is 0.495. The number of ether oxygens (including phenoxy) is 1. The van der Waals surface area contributed by atoms with Crippen molar-refractivity contribution in [2.75, 3.05) is 11.4 Å². The first-order valence-electron chi connectivity index (χ1n) is 8.77. The van der Waals surface area contributed by atoms with E-state index in [0.717, 1.165) is 23.9 Å². The number of aromatic nitrogens is 3. The lowest BCUT2D eigenvalue weighted by Gasteiger charge is -2.18. The maximum atomic E-state index is 12.6. The van der Waals surface area contributed by atoms with Gasteiger partial charge in [-0.25, -0.2) is 15.0 Å². The van der Waals surface area contributed by atoms with Crippen LogP contribution in [0.3, 0.4) is 0 Å². The molecule has 2 heterocycles. The summed E-state index contributed by atoms with van der Waals surface area (Å²) in [7, 11) is 0. The van der Waals surface area contributed by atoms with E-state index < -0.39 is 11.7 Å². The Morgan fingerprint density at radius 2 is 1.83 bits per heavy atom. The van der Waals surface area contributed by atoms with Crippen LogP contribution in [0.5, 0.6) is 11.6 Å². The molecule has 10 heteroatoms. The molecule has 0 N–H and O–H groups in total. The number of hydrogen-bond donors (Lipinski definition) is 0. The van der Waals surface area contributed by atoms with Crippen LogP contribution in [0.15, 0.2) is 48.9 Å². The molecule has 0 aliphatic heterocycles. The number of rotatable bonds is 7. The lowest BCUT2D eigenvalue weighted by atomic mass is 10.1. The van der Waals surface area contributed by atoms with Crippen molar-refractivity contribution < 1.29 is 22.7 Å². The normalized spacial score (nSPS) is 11.2. The number of carbonyl (C=O) groups is 1. The van der Waals surface area contributed by atoms with Crippen LogP contribution in [0.2, 0.25) is 5.02 Å². The van der Waals surface area contributed by atoms with Gasteiger partial charge in [0, 0.05) is 18.8 Å². The summed E-state index contributed by atoms with van der Waals surface area (Å²) in [5.41, 5.74) is 0.646. The molecule has 0 saturated heterocycles. The van der Waals surface area contributed by atoms with Crippen molar-refractivity contribution in [2.45, 2.75) is 19.5 Å². The minimum absolute atomic E-state index is 0.0525. The molecular weight excluding hydrogens is 421 g/mol. The van der Waals surface area contributed by atoms with Crippen molar-refractivity contribution >= 4 is 23.8 Å². The van der Waals surface area contributed by atoms with E-state index in [1.807, 2.05) is 0 Å². The van der Waals surface area contributed by atoms with E-state index in [0.29, 0.717) is 41.7 Å². The van der Waals surface area contributed by atoms with Gasteiger partial charge < -0.3 is 4.74 Å². The number of carbonyl (C=O) groups excluding carboxylic acids is 1. The third-order valence-electron chi connectivity index (χ3n) is 4.20. The zero-order valence-corrected chi connectivity index (χ0v) is 16.5. The highest BCUT2D eigenvalue weighted by atomic mass is 35.5. The average Bonchev–Trinajstić information content (AvgIpc) is 2.72. The molecule has 0 fully saturated rings. The average molecular weight is 437 g/mol. The minimum atomic E-state index is -4.45. The topological polar surface area (TPSA) is 68.2 Å². The van der Waals surface area contributed by atoms with Gasteiger partial charge in [-0.2, -0.15) is 13.2 Å². The number of benzene rings is 1. The smallest absolute Gasteiger partial charge is 0.417 e. The summed E-state index contributed by atoms with van der Waals surface area (Å²) in [6.45, 7) is 2.07. The van der Waals surface area contributed by atoms with E-state index in [-0.39, 0.29) is 5.88 Å². The number of anilines is 1. The molecule has 1 aromatic carbocycles. The number of nitrogens with zero attached hydrogens (tertiary/aromatic N) is 4. The largest absolute Gasteiger partial charge is 0.439 e. The number of aryl methyl sites for hydroxylation is 1. The number of pyridine rings is 1. The summed E-state index contributed by atoms with van der Waals surface area (Å²) in [5.74, 6) is 0.817. The maximum absolute atomic E-state index is 12.6. The van der Waals surface area contributed by atoms with Crippen molar-refractivity contribution in [3.8, 4) is 11.6 Å². The predicted molar refractivity (Wildman–Crippen MR) is 105 cm³/mol. The zero-order valence-electron chi connectivity index (χ0n) is 15.7. The van der Waals surface area contributed by atoms with Crippen molar-refractivity contribution in [3.63, 3.8) is 0 Å². The molecule has 0 aliphatic carbocycles. The van der Waals surface area contributed by atoms with Crippen LogP contribution in [0.1, 0.15) is 16.8 Å². The van der Waals surface area contributed by atoms with Gasteiger partial charge >= 0.3 is 6.18 Å². The monoisotopic (exact) mass is 436 g/mol. The van der Waals surface area contributed by atoms with Gasteiger partial charge in [-0.3, -0.25) is 9.69 Å². The lowest BCUT2D eigenvalue weighted by molar-refractivity contribution is -0.137. The van der Waals surface area contributed by atoms with Gasteiger partial charge in [0.2, 0.25) is 12.3 Å². The van der Waals surface area contributed by atoms with Gasteiger partial charge in [-0.15, -0.1) is 0 Å². The summed E-state index contributed by atoms with van der Waals surface area (Å²) >= 11 is 6.17. The highest BCUT2D eigenvalue weighted by Crippen LogP contribution is 2.30. The predicted octanol–water partition coefficient (Wildman–Crippen LogP) is 4.85. The molecule has 156 valence electrons. The molecular formula is C20H16ClF3N4O2. The third-order valence-corrected chi connectivity index (χ3v) is 4.64. The molecule has 0 unspecified atom stereocenters. The second-order valence-corrected chi connectivity index (χ2v) is 6.65.